The highest BCUT2D eigenvalue weighted by atomic mass is 32.3. The normalized spacial score (nSPS) is 15.6. The molecule has 0 unspecified atom stereocenters. The number of hydrogen-bond donors (Lipinski definition) is 2. The summed E-state index contributed by atoms with van der Waals surface area (Å²) in [5.41, 5.74) is 6.53. The fourth-order valence-corrected chi connectivity index (χ4v) is 5.72. The van der Waals surface area contributed by atoms with E-state index in [4.69, 9.17) is 4.74 Å². The maximum absolute atomic E-state index is 13.5. The van der Waals surface area contributed by atoms with E-state index in [0.29, 0.717) is 17.8 Å². The number of carbonyl (C=O) groups excluding carboxylic acids is 1. The summed E-state index contributed by atoms with van der Waals surface area (Å²) in [6, 6.07) is 17.6. The second kappa shape index (κ2) is 10.7. The number of carbonyl (C=O) groups is 1. The van der Waals surface area contributed by atoms with E-state index in [1.54, 1.807) is 6.92 Å². The van der Waals surface area contributed by atoms with Gasteiger partial charge in [-0.25, -0.2) is 4.79 Å². The molecule has 1 aliphatic carbocycles. The molecule has 200 valence electrons. The summed E-state index contributed by atoms with van der Waals surface area (Å²) in [6.07, 6.45) is -0.688. The lowest BCUT2D eigenvalue weighted by atomic mass is 9.98. The van der Waals surface area contributed by atoms with E-state index >= 15 is 0 Å². The van der Waals surface area contributed by atoms with E-state index in [9.17, 15) is 17.1 Å². The van der Waals surface area contributed by atoms with Crippen LogP contribution < -0.4 is 14.8 Å². The van der Waals surface area contributed by atoms with E-state index in [1.165, 1.54) is 6.07 Å². The summed E-state index contributed by atoms with van der Waals surface area (Å²) in [6.45, 7) is 7.30. The number of rotatable bonds is 7. The average molecular weight is 540 g/mol. The Labute approximate surface area is 222 Å². The summed E-state index contributed by atoms with van der Waals surface area (Å²) >= 11 is 0. The highest BCUT2D eigenvalue weighted by Crippen LogP contribution is 2.44. The Balaban J connectivity index is 1.38. The highest BCUT2D eigenvalue weighted by Gasteiger charge is 2.29. The van der Waals surface area contributed by atoms with Crippen molar-refractivity contribution in [3.8, 4) is 16.9 Å². The summed E-state index contributed by atoms with van der Waals surface area (Å²) < 4.78 is 46.4. The van der Waals surface area contributed by atoms with Gasteiger partial charge in [-0.15, -0.1) is 0 Å². The topological polar surface area (TPSA) is 97.0 Å². The molecule has 0 atom stereocenters. The van der Waals surface area contributed by atoms with Crippen molar-refractivity contribution in [3.63, 3.8) is 0 Å². The second-order valence-corrected chi connectivity index (χ2v) is 10.6. The monoisotopic (exact) mass is 539 g/mol. The first kappa shape index (κ1) is 26.1. The number of benzene rings is 3. The van der Waals surface area contributed by atoms with Crippen LogP contribution in [-0.2, 0) is 21.8 Å². The summed E-state index contributed by atoms with van der Waals surface area (Å²) in [4.78, 5) is 15.2. The van der Waals surface area contributed by atoms with Crippen LogP contribution >= 0.6 is 0 Å². The molecule has 8 nitrogen and oxygen atoms in total. The smallest absolute Gasteiger partial charge is 0.448 e. The van der Waals surface area contributed by atoms with Crippen LogP contribution in [0.15, 0.2) is 54.6 Å². The number of halogens is 1. The zero-order valence-electron chi connectivity index (χ0n) is 21.3. The molecule has 1 fully saturated rings. The standard InChI is InChI=1S/C28H30FN3O5S/c1-18-20(16-32-13-11-30-12-14-32)15-26(37-38(29,34)35)19(2)27(18)31-28(33)36-17-25-23-9-5-3-7-21(23)22-8-4-6-10-24(22)25/h3-10,15,25,30H,11-14,16-17H2,1-2H3,(H,31,33). The van der Waals surface area contributed by atoms with Gasteiger partial charge in [0, 0.05) is 44.2 Å². The molecule has 0 spiro atoms. The quantitative estimate of drug-likeness (QED) is 0.422. The largest absolute Gasteiger partial charge is 0.488 e. The van der Waals surface area contributed by atoms with Gasteiger partial charge in [0.1, 0.15) is 6.61 Å². The van der Waals surface area contributed by atoms with E-state index in [1.807, 2.05) is 43.3 Å². The molecule has 5 rings (SSSR count). The van der Waals surface area contributed by atoms with Gasteiger partial charge in [-0.2, -0.15) is 8.42 Å². The number of anilines is 1. The van der Waals surface area contributed by atoms with E-state index in [2.05, 4.69) is 31.8 Å². The van der Waals surface area contributed by atoms with Crippen LogP contribution in [0.25, 0.3) is 11.1 Å². The first-order valence-electron chi connectivity index (χ1n) is 12.5. The molecule has 0 saturated carbocycles. The Bertz CT molecular complexity index is 1430. The summed E-state index contributed by atoms with van der Waals surface area (Å²) in [7, 11) is -5.25. The minimum absolute atomic E-state index is 0.107. The highest BCUT2D eigenvalue weighted by molar-refractivity contribution is 7.81. The molecule has 0 aromatic heterocycles. The average Bonchev–Trinajstić information content (AvgIpc) is 3.22. The summed E-state index contributed by atoms with van der Waals surface area (Å²) in [5.74, 6) is -0.276. The molecule has 2 aliphatic rings. The van der Waals surface area contributed by atoms with Crippen molar-refractivity contribution in [2.24, 2.45) is 0 Å². The van der Waals surface area contributed by atoms with Crippen molar-refractivity contribution in [1.29, 1.82) is 0 Å². The van der Waals surface area contributed by atoms with Crippen LogP contribution in [0.1, 0.15) is 33.7 Å². The molecule has 1 aliphatic heterocycles. The molecule has 3 aromatic carbocycles. The van der Waals surface area contributed by atoms with Gasteiger partial charge < -0.3 is 14.2 Å². The number of ether oxygens (including phenoxy) is 1. The fourth-order valence-electron chi connectivity index (χ4n) is 5.33. The van der Waals surface area contributed by atoms with E-state index in [0.717, 1.165) is 59.6 Å². The number of nitrogens with one attached hydrogen (secondary N) is 2. The van der Waals surface area contributed by atoms with Crippen molar-refractivity contribution >= 4 is 22.3 Å². The molecule has 0 radical (unpaired) electrons. The maximum atomic E-state index is 13.5. The molecule has 0 bridgehead atoms. The molecule has 10 heteroatoms. The van der Waals surface area contributed by atoms with Gasteiger partial charge in [-0.05, 0) is 53.3 Å². The Morgan fingerprint density at radius 2 is 1.63 bits per heavy atom. The number of amides is 1. The van der Waals surface area contributed by atoms with Crippen molar-refractivity contribution in [1.82, 2.24) is 10.2 Å². The number of hydrogen-bond acceptors (Lipinski definition) is 7. The molecule has 1 amide bonds. The second-order valence-electron chi connectivity index (χ2n) is 9.61. The predicted octanol–water partition coefficient (Wildman–Crippen LogP) is 4.66. The predicted molar refractivity (Wildman–Crippen MR) is 143 cm³/mol. The van der Waals surface area contributed by atoms with Gasteiger partial charge in [-0.1, -0.05) is 52.4 Å². The molecule has 38 heavy (non-hydrogen) atoms. The minimum Gasteiger partial charge on any atom is -0.448 e. The summed E-state index contributed by atoms with van der Waals surface area (Å²) in [5, 5.41) is 6.05. The van der Waals surface area contributed by atoms with Crippen molar-refractivity contribution in [3.05, 3.63) is 82.4 Å². The molecule has 1 heterocycles. The van der Waals surface area contributed by atoms with Gasteiger partial charge in [-0.3, -0.25) is 10.2 Å². The SMILES string of the molecule is Cc1c(CN2CCNCC2)cc(OS(=O)(=O)F)c(C)c1NC(=O)OCC1c2ccccc2-c2ccccc21. The van der Waals surface area contributed by atoms with Crippen LogP contribution in [-0.4, -0.2) is 52.2 Å². The Hall–Kier alpha value is -3.47. The van der Waals surface area contributed by atoms with Crippen LogP contribution in [0.4, 0.5) is 14.4 Å². The van der Waals surface area contributed by atoms with E-state index in [-0.39, 0.29) is 18.3 Å². The lowest BCUT2D eigenvalue weighted by molar-refractivity contribution is 0.158. The minimum atomic E-state index is -5.25. The molecule has 1 saturated heterocycles. The third kappa shape index (κ3) is 5.52. The third-order valence-corrected chi connectivity index (χ3v) is 7.65. The Kier molecular flexibility index (Phi) is 7.38. The van der Waals surface area contributed by atoms with Gasteiger partial charge >= 0.3 is 16.6 Å². The van der Waals surface area contributed by atoms with Gasteiger partial charge in [0.2, 0.25) is 0 Å². The molecular weight excluding hydrogens is 509 g/mol. The molecule has 2 N–H and O–H groups in total. The molecular formula is C28H30FN3O5S. The van der Waals surface area contributed by atoms with Crippen LogP contribution in [0.2, 0.25) is 0 Å². The van der Waals surface area contributed by atoms with Gasteiger partial charge in [0.15, 0.2) is 5.75 Å². The van der Waals surface area contributed by atoms with Crippen molar-refractivity contribution in [2.75, 3.05) is 38.1 Å². The van der Waals surface area contributed by atoms with Gasteiger partial charge in [0.05, 0.1) is 5.69 Å². The number of nitrogens with zero attached hydrogens (tertiary/aromatic N) is 1. The van der Waals surface area contributed by atoms with Crippen LogP contribution in [0, 0.1) is 13.8 Å². The fraction of sp³-hybridized carbons (Fsp3) is 0.321. The first-order chi connectivity index (χ1) is 18.2. The lowest BCUT2D eigenvalue weighted by Gasteiger charge is -2.28. The number of piperazine rings is 1. The van der Waals surface area contributed by atoms with Crippen LogP contribution in [0.3, 0.4) is 0 Å². The number of fused-ring (bicyclic) bond motifs is 3. The van der Waals surface area contributed by atoms with E-state index < -0.39 is 16.6 Å². The first-order valence-corrected chi connectivity index (χ1v) is 13.8. The maximum Gasteiger partial charge on any atom is 0.488 e. The Morgan fingerprint density at radius 1 is 1.03 bits per heavy atom. The lowest BCUT2D eigenvalue weighted by Crippen LogP contribution is -2.43. The zero-order chi connectivity index (χ0) is 26.9. The Morgan fingerprint density at radius 3 is 2.24 bits per heavy atom. The zero-order valence-corrected chi connectivity index (χ0v) is 22.1. The third-order valence-electron chi connectivity index (χ3n) is 7.27. The van der Waals surface area contributed by atoms with Gasteiger partial charge in [0.25, 0.3) is 0 Å². The van der Waals surface area contributed by atoms with Crippen LogP contribution in [0.5, 0.6) is 5.75 Å². The van der Waals surface area contributed by atoms with Crippen molar-refractivity contribution < 1.29 is 26.0 Å². The molecule has 3 aromatic rings. The van der Waals surface area contributed by atoms with Crippen molar-refractivity contribution in [2.45, 2.75) is 26.3 Å².